The Balaban J connectivity index is 1.59. The molecule has 0 unspecified atom stereocenters. The Labute approximate surface area is 176 Å². The summed E-state index contributed by atoms with van der Waals surface area (Å²) in [5, 5.41) is 2.91. The van der Waals surface area contributed by atoms with Gasteiger partial charge in [0.15, 0.2) is 6.61 Å². The van der Waals surface area contributed by atoms with Crippen LogP contribution in [0.1, 0.15) is 38.2 Å². The molecule has 1 heterocycles. The summed E-state index contributed by atoms with van der Waals surface area (Å²) in [6, 6.07) is 11.9. The molecule has 1 saturated heterocycles. The van der Waals surface area contributed by atoms with Gasteiger partial charge in [-0.3, -0.25) is 4.79 Å². The predicted octanol–water partition coefficient (Wildman–Crippen LogP) is 4.27. The molecule has 3 rings (SSSR count). The third-order valence-electron chi connectivity index (χ3n) is 4.83. The molecule has 0 spiro atoms. The van der Waals surface area contributed by atoms with E-state index in [1.54, 1.807) is 0 Å². The Morgan fingerprint density at radius 1 is 1.14 bits per heavy atom. The summed E-state index contributed by atoms with van der Waals surface area (Å²) in [6.45, 7) is 5.02. The number of hydrogen-bond acceptors (Lipinski definition) is 4. The molecule has 0 bridgehead atoms. The van der Waals surface area contributed by atoms with E-state index in [9.17, 15) is 13.2 Å². The maximum Gasteiger partial charge on any atom is 0.262 e. The molecule has 156 valence electrons. The molecule has 0 aromatic heterocycles. The quantitative estimate of drug-likeness (QED) is 0.703. The van der Waals surface area contributed by atoms with Crippen LogP contribution < -0.4 is 10.1 Å². The van der Waals surface area contributed by atoms with Gasteiger partial charge in [0.25, 0.3) is 5.91 Å². The number of nitrogens with zero attached hydrogens (tertiary/aromatic N) is 1. The fraction of sp³-hybridized carbons (Fsp3) is 0.381. The summed E-state index contributed by atoms with van der Waals surface area (Å²) < 4.78 is 32.1. The summed E-state index contributed by atoms with van der Waals surface area (Å²) in [7, 11) is -3.55. The third-order valence-corrected chi connectivity index (χ3v) is 7.02. The third kappa shape index (κ3) is 5.29. The lowest BCUT2D eigenvalue weighted by Crippen LogP contribution is -2.27. The lowest BCUT2D eigenvalue weighted by molar-refractivity contribution is -0.118. The summed E-state index contributed by atoms with van der Waals surface area (Å²) in [6.07, 6.45) is 1.73. The van der Waals surface area contributed by atoms with Gasteiger partial charge in [0, 0.05) is 18.8 Å². The Bertz CT molecular complexity index is 969. The van der Waals surface area contributed by atoms with Crippen LogP contribution in [0.25, 0.3) is 0 Å². The number of hydrogen-bond donors (Lipinski definition) is 1. The fourth-order valence-electron chi connectivity index (χ4n) is 3.13. The molecule has 2 aromatic carbocycles. The van der Waals surface area contributed by atoms with E-state index in [0.717, 1.165) is 12.8 Å². The van der Waals surface area contributed by atoms with Crippen LogP contribution in [0.5, 0.6) is 5.75 Å². The van der Waals surface area contributed by atoms with Crippen LogP contribution in [-0.2, 0) is 14.8 Å². The molecule has 1 aliphatic heterocycles. The first-order valence-electron chi connectivity index (χ1n) is 9.59. The van der Waals surface area contributed by atoms with Crippen LogP contribution in [0.15, 0.2) is 47.4 Å². The zero-order valence-electron chi connectivity index (χ0n) is 16.5. The highest BCUT2D eigenvalue weighted by molar-refractivity contribution is 7.89. The Kier molecular flexibility index (Phi) is 6.82. The molecular weight excluding hydrogens is 412 g/mol. The van der Waals surface area contributed by atoms with Gasteiger partial charge in [0.1, 0.15) is 5.75 Å². The molecule has 29 heavy (non-hydrogen) atoms. The van der Waals surface area contributed by atoms with Gasteiger partial charge in [0.05, 0.1) is 9.92 Å². The molecule has 6 nitrogen and oxygen atoms in total. The second-order valence-corrected chi connectivity index (χ2v) is 9.66. The molecule has 1 N–H and O–H groups in total. The van der Waals surface area contributed by atoms with Crippen molar-refractivity contribution in [1.82, 2.24) is 4.31 Å². The topological polar surface area (TPSA) is 75.7 Å². The number of carbonyl (C=O) groups excluding carboxylic acids is 1. The normalized spacial score (nSPS) is 14.9. The molecule has 2 aromatic rings. The zero-order chi connectivity index (χ0) is 21.0. The second-order valence-electron chi connectivity index (χ2n) is 7.32. The average Bonchev–Trinajstić information content (AvgIpc) is 3.23. The molecule has 1 amide bonds. The van der Waals surface area contributed by atoms with Gasteiger partial charge in [-0.15, -0.1) is 0 Å². The van der Waals surface area contributed by atoms with E-state index in [4.69, 9.17) is 16.3 Å². The SMILES string of the molecule is CC(C)c1ccc(NC(=O)COc2ccc(S(=O)(=O)N3CCCC3)cc2Cl)cc1. The van der Waals surface area contributed by atoms with Crippen LogP contribution >= 0.6 is 11.6 Å². The second kappa shape index (κ2) is 9.15. The van der Waals surface area contributed by atoms with Gasteiger partial charge in [0.2, 0.25) is 10.0 Å². The van der Waals surface area contributed by atoms with Gasteiger partial charge >= 0.3 is 0 Å². The van der Waals surface area contributed by atoms with E-state index in [-0.39, 0.29) is 28.2 Å². The van der Waals surface area contributed by atoms with Crippen molar-refractivity contribution in [2.45, 2.75) is 37.5 Å². The number of sulfonamides is 1. The van der Waals surface area contributed by atoms with E-state index in [2.05, 4.69) is 19.2 Å². The number of benzene rings is 2. The first-order chi connectivity index (χ1) is 13.8. The minimum absolute atomic E-state index is 0.131. The van der Waals surface area contributed by atoms with Crippen LogP contribution in [0.2, 0.25) is 5.02 Å². The number of anilines is 1. The molecule has 1 aliphatic rings. The van der Waals surface area contributed by atoms with E-state index in [1.165, 1.54) is 28.1 Å². The van der Waals surface area contributed by atoms with Crippen molar-refractivity contribution in [3.63, 3.8) is 0 Å². The van der Waals surface area contributed by atoms with Crippen LogP contribution in [-0.4, -0.2) is 38.3 Å². The summed E-state index contributed by atoms with van der Waals surface area (Å²) >= 11 is 6.19. The van der Waals surface area contributed by atoms with Crippen molar-refractivity contribution in [2.75, 3.05) is 25.0 Å². The van der Waals surface area contributed by atoms with Crippen molar-refractivity contribution in [3.8, 4) is 5.75 Å². The molecule has 0 radical (unpaired) electrons. The van der Waals surface area contributed by atoms with Crippen molar-refractivity contribution < 1.29 is 17.9 Å². The smallest absolute Gasteiger partial charge is 0.262 e. The fourth-order valence-corrected chi connectivity index (χ4v) is 4.97. The predicted molar refractivity (Wildman–Crippen MR) is 114 cm³/mol. The number of ether oxygens (including phenoxy) is 1. The first-order valence-corrected chi connectivity index (χ1v) is 11.4. The van der Waals surface area contributed by atoms with Crippen LogP contribution in [0.3, 0.4) is 0 Å². The standard InChI is InChI=1S/C21H25ClN2O4S/c1-15(2)16-5-7-17(8-6-16)23-21(25)14-28-20-10-9-18(13-19(20)22)29(26,27)24-11-3-4-12-24/h5-10,13,15H,3-4,11-12,14H2,1-2H3,(H,23,25). The number of amides is 1. The number of halogens is 1. The van der Waals surface area contributed by atoms with Gasteiger partial charge in [-0.05, 0) is 54.7 Å². The highest BCUT2D eigenvalue weighted by atomic mass is 35.5. The Morgan fingerprint density at radius 2 is 1.79 bits per heavy atom. The monoisotopic (exact) mass is 436 g/mol. The maximum atomic E-state index is 12.6. The molecule has 0 aliphatic carbocycles. The molecule has 0 atom stereocenters. The van der Waals surface area contributed by atoms with Gasteiger partial charge in [-0.1, -0.05) is 37.6 Å². The van der Waals surface area contributed by atoms with Crippen molar-refractivity contribution in [1.29, 1.82) is 0 Å². The van der Waals surface area contributed by atoms with Gasteiger partial charge in [-0.2, -0.15) is 4.31 Å². The lowest BCUT2D eigenvalue weighted by atomic mass is 10.0. The van der Waals surface area contributed by atoms with E-state index in [0.29, 0.717) is 24.7 Å². The first kappa shape index (κ1) is 21.6. The highest BCUT2D eigenvalue weighted by Gasteiger charge is 2.27. The molecule has 0 saturated carbocycles. The van der Waals surface area contributed by atoms with Crippen molar-refractivity contribution in [3.05, 3.63) is 53.1 Å². The Morgan fingerprint density at radius 3 is 2.38 bits per heavy atom. The number of carbonyl (C=O) groups is 1. The minimum atomic E-state index is -3.55. The summed E-state index contributed by atoms with van der Waals surface area (Å²) in [4.78, 5) is 12.3. The number of nitrogens with one attached hydrogen (secondary N) is 1. The highest BCUT2D eigenvalue weighted by Crippen LogP contribution is 2.30. The Hall–Kier alpha value is -2.09. The number of rotatable bonds is 7. The van der Waals surface area contributed by atoms with Crippen LogP contribution in [0.4, 0.5) is 5.69 Å². The van der Waals surface area contributed by atoms with Crippen LogP contribution in [0, 0.1) is 0 Å². The minimum Gasteiger partial charge on any atom is -0.482 e. The molecule has 1 fully saturated rings. The van der Waals surface area contributed by atoms with Gasteiger partial charge < -0.3 is 10.1 Å². The van der Waals surface area contributed by atoms with E-state index >= 15 is 0 Å². The van der Waals surface area contributed by atoms with Gasteiger partial charge in [-0.25, -0.2) is 8.42 Å². The summed E-state index contributed by atoms with van der Waals surface area (Å²) in [5.41, 5.74) is 1.87. The molecule has 8 heteroatoms. The van der Waals surface area contributed by atoms with Crippen molar-refractivity contribution >= 4 is 33.2 Å². The summed E-state index contributed by atoms with van der Waals surface area (Å²) in [5.74, 6) is 0.354. The van der Waals surface area contributed by atoms with E-state index < -0.39 is 10.0 Å². The maximum absolute atomic E-state index is 12.6. The molecular formula is C21H25ClN2O4S. The van der Waals surface area contributed by atoms with E-state index in [1.807, 2.05) is 24.3 Å². The lowest BCUT2D eigenvalue weighted by Gasteiger charge is -2.16. The average molecular weight is 437 g/mol. The van der Waals surface area contributed by atoms with Crippen molar-refractivity contribution in [2.24, 2.45) is 0 Å². The largest absolute Gasteiger partial charge is 0.482 e. The zero-order valence-corrected chi connectivity index (χ0v) is 18.1.